The van der Waals surface area contributed by atoms with Crippen molar-refractivity contribution in [2.45, 2.75) is 6.42 Å². The van der Waals surface area contributed by atoms with E-state index in [0.717, 1.165) is 18.1 Å². The average molecular weight is 352 g/mol. The standard InChI is InChI=1S/C12H20N2O3.CH4O4S/c1-10(6-5-7-11(13)15)12(16)17-9-8-14(2,3)4;1-5-6(2,3)4/h5,7H,1,6,8-9H2,2-4H3,(H-,13,15);1H3,(H,2,3,4). The van der Waals surface area contributed by atoms with Crippen LogP contribution in [-0.4, -0.2) is 70.7 Å². The summed E-state index contributed by atoms with van der Waals surface area (Å²) >= 11 is 0. The lowest BCUT2D eigenvalue weighted by Gasteiger charge is -2.23. The van der Waals surface area contributed by atoms with E-state index in [4.69, 9.17) is 10.5 Å². The van der Waals surface area contributed by atoms with Gasteiger partial charge in [0.15, 0.2) is 0 Å². The molecule has 0 aromatic heterocycles. The van der Waals surface area contributed by atoms with Crippen LogP contribution in [0.3, 0.4) is 0 Å². The Kier molecular flexibility index (Phi) is 11.1. The molecule has 0 unspecified atom stereocenters. The van der Waals surface area contributed by atoms with Gasteiger partial charge in [-0.2, -0.15) is 0 Å². The van der Waals surface area contributed by atoms with Gasteiger partial charge in [-0.3, -0.25) is 8.98 Å². The molecule has 0 heterocycles. The van der Waals surface area contributed by atoms with E-state index in [-0.39, 0.29) is 6.42 Å². The molecule has 0 atom stereocenters. The zero-order valence-electron chi connectivity index (χ0n) is 13.8. The van der Waals surface area contributed by atoms with Gasteiger partial charge in [-0.05, 0) is 12.5 Å². The van der Waals surface area contributed by atoms with Crippen LogP contribution < -0.4 is 5.73 Å². The summed E-state index contributed by atoms with van der Waals surface area (Å²) in [5.74, 6) is -0.983. The van der Waals surface area contributed by atoms with Crippen molar-refractivity contribution in [2.24, 2.45) is 5.73 Å². The minimum Gasteiger partial charge on any atom is -0.726 e. The number of allylic oxidation sites excluding steroid dienone is 1. The molecule has 0 fully saturated rings. The van der Waals surface area contributed by atoms with Gasteiger partial charge in [-0.1, -0.05) is 12.7 Å². The van der Waals surface area contributed by atoms with Gasteiger partial charge in [0.1, 0.15) is 13.2 Å². The molecule has 2 N–H and O–H groups in total. The maximum atomic E-state index is 11.4. The van der Waals surface area contributed by atoms with E-state index in [1.54, 1.807) is 0 Å². The Morgan fingerprint density at radius 3 is 2.13 bits per heavy atom. The zero-order chi connectivity index (χ0) is 18.7. The molecule has 0 bridgehead atoms. The molecule has 0 radical (unpaired) electrons. The summed E-state index contributed by atoms with van der Waals surface area (Å²) in [6.07, 6.45) is 2.96. The number of nitrogens with two attached hydrogens (primary N) is 1. The summed E-state index contributed by atoms with van der Waals surface area (Å²) in [7, 11) is 2.43. The zero-order valence-corrected chi connectivity index (χ0v) is 14.6. The van der Waals surface area contributed by atoms with Crippen LogP contribution in [0.15, 0.2) is 24.3 Å². The van der Waals surface area contributed by atoms with E-state index in [1.165, 1.54) is 12.2 Å². The number of carbonyl (C=O) groups is 2. The topological polar surface area (TPSA) is 136 Å². The van der Waals surface area contributed by atoms with Crippen molar-refractivity contribution < 1.29 is 36.0 Å². The van der Waals surface area contributed by atoms with E-state index in [2.05, 4.69) is 10.8 Å². The first-order valence-electron chi connectivity index (χ1n) is 6.41. The van der Waals surface area contributed by atoms with Crippen molar-refractivity contribution in [3.05, 3.63) is 24.3 Å². The van der Waals surface area contributed by atoms with Crippen LogP contribution in [0, 0.1) is 0 Å². The quantitative estimate of drug-likeness (QED) is 0.201. The number of carbonyl (C=O) groups excluding carboxylic acids is 2. The molecule has 0 saturated heterocycles. The van der Waals surface area contributed by atoms with Crippen LogP contribution in [0.1, 0.15) is 6.42 Å². The number of amides is 1. The number of primary amides is 1. The van der Waals surface area contributed by atoms with Crippen molar-refractivity contribution in [2.75, 3.05) is 41.4 Å². The Morgan fingerprint density at radius 2 is 1.78 bits per heavy atom. The first-order chi connectivity index (χ1) is 10.3. The van der Waals surface area contributed by atoms with Crippen molar-refractivity contribution >= 4 is 22.3 Å². The fourth-order valence-corrected chi connectivity index (χ4v) is 0.915. The minimum atomic E-state index is -4.41. The number of rotatable bonds is 8. The number of likely N-dealkylation sites (N-methyl/N-ethyl adjacent to an activating group) is 1. The van der Waals surface area contributed by atoms with Gasteiger partial charge in [-0.25, -0.2) is 13.2 Å². The Morgan fingerprint density at radius 1 is 1.30 bits per heavy atom. The van der Waals surface area contributed by atoms with Crippen LogP contribution in [-0.2, 0) is 28.9 Å². The number of hydrogen-bond acceptors (Lipinski definition) is 7. The molecule has 0 rings (SSSR count). The SMILES string of the molecule is C=C(CC=CC(N)=O)C(=O)OCC[N+](C)(C)C.COS(=O)(=O)[O-]. The van der Waals surface area contributed by atoms with Gasteiger partial charge >= 0.3 is 5.97 Å². The summed E-state index contributed by atoms with van der Waals surface area (Å²) in [5, 5.41) is 0. The lowest BCUT2D eigenvalue weighted by Crippen LogP contribution is -2.38. The number of esters is 1. The van der Waals surface area contributed by atoms with Crippen molar-refractivity contribution in [3.63, 3.8) is 0 Å². The molecular weight excluding hydrogens is 328 g/mol. The third-order valence-corrected chi connectivity index (χ3v) is 2.54. The van der Waals surface area contributed by atoms with Gasteiger partial charge < -0.3 is 19.5 Å². The molecular formula is C13H24N2O7S. The Bertz CT molecular complexity index is 533. The summed E-state index contributed by atoms with van der Waals surface area (Å²) in [5.41, 5.74) is 5.22. The Hall–Kier alpha value is -1.75. The minimum absolute atomic E-state index is 0.270. The Labute approximate surface area is 136 Å². The van der Waals surface area contributed by atoms with E-state index in [1.807, 2.05) is 21.1 Å². The molecule has 23 heavy (non-hydrogen) atoms. The van der Waals surface area contributed by atoms with Crippen molar-refractivity contribution in [1.82, 2.24) is 0 Å². The lowest BCUT2D eigenvalue weighted by atomic mass is 10.2. The van der Waals surface area contributed by atoms with Crippen LogP contribution in [0.25, 0.3) is 0 Å². The highest BCUT2D eigenvalue weighted by Crippen LogP contribution is 2.02. The number of hydrogen-bond donors (Lipinski definition) is 1. The molecule has 0 aliphatic carbocycles. The molecule has 0 aromatic carbocycles. The van der Waals surface area contributed by atoms with Crippen molar-refractivity contribution in [3.8, 4) is 0 Å². The van der Waals surface area contributed by atoms with Crippen LogP contribution in [0.4, 0.5) is 0 Å². The van der Waals surface area contributed by atoms with E-state index >= 15 is 0 Å². The fraction of sp³-hybridized carbons (Fsp3) is 0.538. The molecule has 0 aliphatic heterocycles. The normalized spacial score (nSPS) is 11.5. The van der Waals surface area contributed by atoms with E-state index in [0.29, 0.717) is 12.2 Å². The molecule has 134 valence electrons. The van der Waals surface area contributed by atoms with Gasteiger partial charge in [0.25, 0.3) is 0 Å². The second kappa shape index (κ2) is 10.9. The fourth-order valence-electron chi connectivity index (χ4n) is 0.915. The van der Waals surface area contributed by atoms with Gasteiger partial charge in [0, 0.05) is 5.57 Å². The van der Waals surface area contributed by atoms with Crippen LogP contribution in [0.5, 0.6) is 0 Å². The van der Waals surface area contributed by atoms with E-state index < -0.39 is 22.3 Å². The second-order valence-electron chi connectivity index (χ2n) is 5.34. The monoisotopic (exact) mass is 352 g/mol. The third-order valence-electron chi connectivity index (χ3n) is 2.13. The maximum absolute atomic E-state index is 11.4. The lowest BCUT2D eigenvalue weighted by molar-refractivity contribution is -0.870. The van der Waals surface area contributed by atoms with E-state index in [9.17, 15) is 22.6 Å². The van der Waals surface area contributed by atoms with Gasteiger partial charge in [0.2, 0.25) is 16.3 Å². The number of nitrogens with zero attached hydrogens (tertiary/aromatic N) is 1. The molecule has 9 nitrogen and oxygen atoms in total. The highest BCUT2D eigenvalue weighted by Gasteiger charge is 2.11. The van der Waals surface area contributed by atoms with Crippen LogP contribution >= 0.6 is 0 Å². The number of quaternary nitrogens is 1. The predicted octanol–water partition coefficient (Wildman–Crippen LogP) is -0.683. The maximum Gasteiger partial charge on any atom is 0.333 e. The van der Waals surface area contributed by atoms with Crippen LogP contribution in [0.2, 0.25) is 0 Å². The first-order valence-corrected chi connectivity index (χ1v) is 7.74. The molecule has 0 aliphatic rings. The molecule has 0 spiro atoms. The van der Waals surface area contributed by atoms with Crippen molar-refractivity contribution in [1.29, 1.82) is 0 Å². The predicted molar refractivity (Wildman–Crippen MR) is 82.7 cm³/mol. The second-order valence-corrected chi connectivity index (χ2v) is 6.49. The largest absolute Gasteiger partial charge is 0.726 e. The highest BCUT2D eigenvalue weighted by molar-refractivity contribution is 7.80. The Balaban J connectivity index is 0. The molecule has 0 aromatic rings. The third kappa shape index (κ3) is 20.2. The molecule has 0 saturated carbocycles. The smallest absolute Gasteiger partial charge is 0.333 e. The van der Waals surface area contributed by atoms with Gasteiger partial charge in [-0.15, -0.1) is 0 Å². The summed E-state index contributed by atoms with van der Waals surface area (Å²) in [4.78, 5) is 21.8. The first kappa shape index (κ1) is 23.5. The highest BCUT2D eigenvalue weighted by atomic mass is 32.3. The van der Waals surface area contributed by atoms with Gasteiger partial charge in [0.05, 0.1) is 28.3 Å². The number of ether oxygens (including phenoxy) is 1. The summed E-state index contributed by atoms with van der Waals surface area (Å²) < 4.78 is 36.8. The molecule has 1 amide bonds. The average Bonchev–Trinajstić information content (AvgIpc) is 2.36. The molecule has 10 heteroatoms. The summed E-state index contributed by atoms with van der Waals surface area (Å²) in [6, 6.07) is 0. The summed E-state index contributed by atoms with van der Waals surface area (Å²) in [6.45, 7) is 4.66.